The Morgan fingerprint density at radius 2 is 2.11 bits per heavy atom. The summed E-state index contributed by atoms with van der Waals surface area (Å²) in [5.74, 6) is -1.71. The van der Waals surface area contributed by atoms with Crippen molar-refractivity contribution in [2.45, 2.75) is 19.3 Å². The quantitative estimate of drug-likeness (QED) is 0.874. The molecule has 1 aromatic rings. The van der Waals surface area contributed by atoms with Crippen LogP contribution in [-0.4, -0.2) is 35.5 Å². The van der Waals surface area contributed by atoms with Gasteiger partial charge in [-0.25, -0.2) is 4.39 Å². The molecule has 1 rings (SSSR count). The Morgan fingerprint density at radius 3 is 2.68 bits per heavy atom. The van der Waals surface area contributed by atoms with Crippen molar-refractivity contribution in [1.82, 2.24) is 4.90 Å². The van der Waals surface area contributed by atoms with Crippen LogP contribution >= 0.6 is 11.6 Å². The molecule has 0 saturated heterocycles. The Kier molecular flexibility index (Phi) is 5.76. The first-order valence-electron chi connectivity index (χ1n) is 5.80. The van der Waals surface area contributed by atoms with E-state index in [1.807, 2.05) is 0 Å². The minimum absolute atomic E-state index is 0.00191. The van der Waals surface area contributed by atoms with Crippen LogP contribution in [0, 0.1) is 5.82 Å². The molecule has 19 heavy (non-hydrogen) atoms. The zero-order valence-electron chi connectivity index (χ0n) is 10.5. The van der Waals surface area contributed by atoms with Gasteiger partial charge in [-0.05, 0) is 18.6 Å². The van der Waals surface area contributed by atoms with E-state index in [4.69, 9.17) is 16.7 Å². The van der Waals surface area contributed by atoms with Crippen LogP contribution in [0.2, 0.25) is 5.02 Å². The van der Waals surface area contributed by atoms with E-state index in [2.05, 4.69) is 0 Å². The van der Waals surface area contributed by atoms with Gasteiger partial charge in [0.05, 0.1) is 6.42 Å². The van der Waals surface area contributed by atoms with Gasteiger partial charge in [0, 0.05) is 30.6 Å². The molecule has 4 nitrogen and oxygen atoms in total. The van der Waals surface area contributed by atoms with Crippen molar-refractivity contribution < 1.29 is 19.1 Å². The van der Waals surface area contributed by atoms with Crippen molar-refractivity contribution in [3.05, 3.63) is 34.6 Å². The molecule has 0 unspecified atom stereocenters. The van der Waals surface area contributed by atoms with E-state index in [1.54, 1.807) is 7.05 Å². The summed E-state index contributed by atoms with van der Waals surface area (Å²) in [5, 5.41) is 8.72. The highest BCUT2D eigenvalue weighted by Gasteiger charge is 2.15. The maximum atomic E-state index is 13.5. The summed E-state index contributed by atoms with van der Waals surface area (Å²) in [6.45, 7) is 0.317. The van der Waals surface area contributed by atoms with Gasteiger partial charge in [0.1, 0.15) is 5.82 Å². The maximum absolute atomic E-state index is 13.5. The predicted molar refractivity (Wildman–Crippen MR) is 69.6 cm³/mol. The third kappa shape index (κ3) is 4.87. The smallest absolute Gasteiger partial charge is 0.303 e. The topological polar surface area (TPSA) is 57.6 Å². The molecule has 0 aromatic heterocycles. The molecule has 0 heterocycles. The van der Waals surface area contributed by atoms with E-state index in [0.717, 1.165) is 0 Å². The van der Waals surface area contributed by atoms with Crippen LogP contribution in [0.5, 0.6) is 0 Å². The zero-order valence-corrected chi connectivity index (χ0v) is 11.3. The molecule has 0 spiro atoms. The Morgan fingerprint density at radius 1 is 1.42 bits per heavy atom. The Bertz CT molecular complexity index is 459. The fourth-order valence-corrected chi connectivity index (χ4v) is 1.81. The second-order valence-electron chi connectivity index (χ2n) is 4.19. The fraction of sp³-hybridized carbons (Fsp3) is 0.385. The van der Waals surface area contributed by atoms with Crippen LogP contribution in [0.4, 0.5) is 4.39 Å². The van der Waals surface area contributed by atoms with E-state index in [9.17, 15) is 14.0 Å². The molecular formula is C13H15ClFNO3. The van der Waals surface area contributed by atoms with E-state index >= 15 is 0 Å². The number of hydrogen-bond acceptors (Lipinski definition) is 2. The fourth-order valence-electron chi connectivity index (χ4n) is 1.58. The van der Waals surface area contributed by atoms with Gasteiger partial charge in [-0.15, -0.1) is 0 Å². The third-order valence-electron chi connectivity index (χ3n) is 2.70. The SMILES string of the molecule is CN(CCCC(=O)O)C(=O)Cc1c(F)cccc1Cl. The van der Waals surface area contributed by atoms with Gasteiger partial charge in [0.2, 0.25) is 5.91 Å². The first-order valence-corrected chi connectivity index (χ1v) is 6.18. The predicted octanol–water partition coefficient (Wildman–Crippen LogP) is 2.34. The van der Waals surface area contributed by atoms with Crippen LogP contribution in [0.3, 0.4) is 0 Å². The zero-order chi connectivity index (χ0) is 14.4. The monoisotopic (exact) mass is 287 g/mol. The molecule has 0 bridgehead atoms. The lowest BCUT2D eigenvalue weighted by molar-refractivity contribution is -0.138. The first-order chi connectivity index (χ1) is 8.91. The van der Waals surface area contributed by atoms with Crippen LogP contribution in [0.1, 0.15) is 18.4 Å². The summed E-state index contributed by atoms with van der Waals surface area (Å²) in [7, 11) is 1.55. The highest BCUT2D eigenvalue weighted by atomic mass is 35.5. The number of rotatable bonds is 6. The highest BCUT2D eigenvalue weighted by molar-refractivity contribution is 6.31. The second-order valence-corrected chi connectivity index (χ2v) is 4.60. The summed E-state index contributed by atoms with van der Waals surface area (Å²) >= 11 is 5.84. The number of carboxylic acids is 1. The minimum atomic E-state index is -0.905. The lowest BCUT2D eigenvalue weighted by Gasteiger charge is -2.17. The van der Waals surface area contributed by atoms with E-state index in [0.29, 0.717) is 13.0 Å². The number of nitrogens with zero attached hydrogens (tertiary/aromatic N) is 1. The molecule has 1 aromatic carbocycles. The molecule has 1 N–H and O–H groups in total. The number of halogens is 2. The molecule has 1 amide bonds. The number of likely N-dealkylation sites (N-methyl/N-ethyl adjacent to an activating group) is 1. The molecule has 0 aliphatic carbocycles. The van der Waals surface area contributed by atoms with Crippen molar-refractivity contribution in [3.63, 3.8) is 0 Å². The number of carbonyl (C=O) groups excluding carboxylic acids is 1. The number of carboxylic acid groups (broad SMARTS) is 1. The van der Waals surface area contributed by atoms with Crippen molar-refractivity contribution in [2.75, 3.05) is 13.6 Å². The van der Waals surface area contributed by atoms with Gasteiger partial charge in [0.25, 0.3) is 0 Å². The third-order valence-corrected chi connectivity index (χ3v) is 3.05. The number of hydrogen-bond donors (Lipinski definition) is 1. The van der Waals surface area contributed by atoms with Crippen LogP contribution in [0.15, 0.2) is 18.2 Å². The van der Waals surface area contributed by atoms with Crippen LogP contribution in [0.25, 0.3) is 0 Å². The molecule has 0 aliphatic rings. The first kappa shape index (κ1) is 15.4. The molecule has 0 fully saturated rings. The Balaban J connectivity index is 2.57. The number of carbonyl (C=O) groups is 2. The molecule has 0 radical (unpaired) electrons. The number of benzene rings is 1. The second kappa shape index (κ2) is 7.09. The van der Waals surface area contributed by atoms with Gasteiger partial charge in [-0.2, -0.15) is 0 Å². The number of amides is 1. The van der Waals surface area contributed by atoms with Gasteiger partial charge in [0.15, 0.2) is 0 Å². The van der Waals surface area contributed by atoms with Gasteiger partial charge in [-0.1, -0.05) is 17.7 Å². The minimum Gasteiger partial charge on any atom is -0.481 e. The van der Waals surface area contributed by atoms with Crippen molar-refractivity contribution in [2.24, 2.45) is 0 Å². The van der Waals surface area contributed by atoms with E-state index in [1.165, 1.54) is 23.1 Å². The lowest BCUT2D eigenvalue weighted by Crippen LogP contribution is -2.29. The molecule has 0 saturated carbocycles. The van der Waals surface area contributed by atoms with Crippen molar-refractivity contribution >= 4 is 23.5 Å². The number of aliphatic carboxylic acids is 1. The highest BCUT2D eigenvalue weighted by Crippen LogP contribution is 2.19. The summed E-state index contributed by atoms with van der Waals surface area (Å²) in [4.78, 5) is 23.6. The molecule has 0 atom stereocenters. The molecule has 6 heteroatoms. The van der Waals surface area contributed by atoms with Gasteiger partial charge < -0.3 is 10.0 Å². The van der Waals surface area contributed by atoms with Gasteiger partial charge in [-0.3, -0.25) is 9.59 Å². The summed E-state index contributed by atoms with van der Waals surface area (Å²) in [5.41, 5.74) is 0.166. The van der Waals surface area contributed by atoms with Crippen molar-refractivity contribution in [3.8, 4) is 0 Å². The molecular weight excluding hydrogens is 273 g/mol. The standard InChI is InChI=1S/C13H15ClFNO3/c1-16(7-3-6-13(18)19)12(17)8-9-10(14)4-2-5-11(9)15/h2,4-5H,3,6-8H2,1H3,(H,18,19). The largest absolute Gasteiger partial charge is 0.481 e. The molecule has 0 aliphatic heterocycles. The van der Waals surface area contributed by atoms with Crippen LogP contribution < -0.4 is 0 Å². The Labute approximate surface area is 115 Å². The normalized spacial score (nSPS) is 10.3. The average Bonchev–Trinajstić information content (AvgIpc) is 2.33. The summed E-state index contributed by atoms with van der Waals surface area (Å²) < 4.78 is 13.5. The average molecular weight is 288 g/mol. The molecule has 104 valence electrons. The summed E-state index contributed by atoms with van der Waals surface area (Å²) in [6, 6.07) is 4.25. The lowest BCUT2D eigenvalue weighted by atomic mass is 10.1. The van der Waals surface area contributed by atoms with Crippen LogP contribution in [-0.2, 0) is 16.0 Å². The van der Waals surface area contributed by atoms with E-state index < -0.39 is 11.8 Å². The van der Waals surface area contributed by atoms with Crippen molar-refractivity contribution in [1.29, 1.82) is 0 Å². The van der Waals surface area contributed by atoms with E-state index in [-0.39, 0.29) is 29.3 Å². The summed E-state index contributed by atoms with van der Waals surface area (Å²) in [6.07, 6.45) is 0.232. The Hall–Kier alpha value is -1.62. The maximum Gasteiger partial charge on any atom is 0.303 e. The van der Waals surface area contributed by atoms with Gasteiger partial charge >= 0.3 is 5.97 Å².